The molecule has 0 spiro atoms. The highest BCUT2D eigenvalue weighted by Gasteiger charge is 2.19. The van der Waals surface area contributed by atoms with E-state index in [0.29, 0.717) is 16.6 Å². The van der Waals surface area contributed by atoms with Crippen LogP contribution in [0.2, 0.25) is 0 Å². The number of nitro benzene ring substituents is 1. The first-order chi connectivity index (χ1) is 8.56. The van der Waals surface area contributed by atoms with Gasteiger partial charge < -0.3 is 11.1 Å². The fraction of sp³-hybridized carbons (Fsp3) is 0.500. The number of benzene rings is 1. The molecule has 0 aromatic heterocycles. The van der Waals surface area contributed by atoms with E-state index in [1.54, 1.807) is 12.1 Å². The lowest BCUT2D eigenvalue weighted by molar-refractivity contribution is -0.385. The third kappa shape index (κ3) is 3.20. The lowest BCUT2D eigenvalue weighted by Crippen LogP contribution is -2.32. The van der Waals surface area contributed by atoms with Gasteiger partial charge in [0, 0.05) is 23.8 Å². The van der Waals surface area contributed by atoms with Crippen molar-refractivity contribution in [2.45, 2.75) is 37.8 Å². The molecule has 5 nitrogen and oxygen atoms in total. The van der Waals surface area contributed by atoms with Gasteiger partial charge >= 0.3 is 0 Å². The van der Waals surface area contributed by atoms with Crippen molar-refractivity contribution in [2.75, 3.05) is 5.32 Å². The topological polar surface area (TPSA) is 81.2 Å². The van der Waals surface area contributed by atoms with Crippen LogP contribution in [0.15, 0.2) is 22.7 Å². The van der Waals surface area contributed by atoms with Crippen LogP contribution in [0.3, 0.4) is 0 Å². The van der Waals surface area contributed by atoms with Gasteiger partial charge in [0.1, 0.15) is 0 Å². The molecular formula is C12H16BrN3O2. The molecule has 3 N–H and O–H groups in total. The molecule has 1 saturated carbocycles. The number of anilines is 1. The Morgan fingerprint density at radius 1 is 1.33 bits per heavy atom. The summed E-state index contributed by atoms with van der Waals surface area (Å²) < 4.78 is 0.505. The third-order valence-corrected chi connectivity index (χ3v) is 3.92. The predicted octanol–water partition coefficient (Wildman–Crippen LogP) is 3.04. The molecular weight excluding hydrogens is 298 g/mol. The molecule has 0 amide bonds. The molecule has 1 aromatic carbocycles. The summed E-state index contributed by atoms with van der Waals surface area (Å²) in [4.78, 5) is 10.3. The molecule has 1 aliphatic rings. The highest BCUT2D eigenvalue weighted by atomic mass is 79.9. The van der Waals surface area contributed by atoms with Crippen LogP contribution in [0.1, 0.15) is 25.7 Å². The summed E-state index contributed by atoms with van der Waals surface area (Å²) in [5.41, 5.74) is 6.86. The van der Waals surface area contributed by atoms with Gasteiger partial charge in [-0.05, 0) is 53.7 Å². The van der Waals surface area contributed by atoms with E-state index in [-0.39, 0.29) is 5.69 Å². The summed E-state index contributed by atoms with van der Waals surface area (Å²) >= 11 is 3.22. The van der Waals surface area contributed by atoms with Crippen molar-refractivity contribution < 1.29 is 4.92 Å². The highest BCUT2D eigenvalue weighted by molar-refractivity contribution is 9.10. The minimum absolute atomic E-state index is 0.0891. The van der Waals surface area contributed by atoms with Crippen molar-refractivity contribution in [1.82, 2.24) is 0 Å². The van der Waals surface area contributed by atoms with E-state index in [1.165, 1.54) is 6.07 Å². The van der Waals surface area contributed by atoms with Gasteiger partial charge in [-0.25, -0.2) is 0 Å². The van der Waals surface area contributed by atoms with E-state index in [0.717, 1.165) is 31.4 Å². The molecule has 18 heavy (non-hydrogen) atoms. The van der Waals surface area contributed by atoms with Crippen molar-refractivity contribution in [3.63, 3.8) is 0 Å². The molecule has 1 aliphatic carbocycles. The Hall–Kier alpha value is -1.14. The molecule has 0 heterocycles. The zero-order valence-corrected chi connectivity index (χ0v) is 11.5. The van der Waals surface area contributed by atoms with Gasteiger partial charge in [0.2, 0.25) is 0 Å². The number of nitrogens with zero attached hydrogens (tertiary/aromatic N) is 1. The first-order valence-corrected chi connectivity index (χ1v) is 6.81. The SMILES string of the molecule is NC1CCC(Nc2ccc([N+](=O)[O-])c(Br)c2)CC1. The Labute approximate surface area is 114 Å². The van der Waals surface area contributed by atoms with Gasteiger partial charge in [0.15, 0.2) is 0 Å². The molecule has 98 valence electrons. The summed E-state index contributed by atoms with van der Waals surface area (Å²) in [6.07, 6.45) is 4.17. The van der Waals surface area contributed by atoms with Crippen LogP contribution in [0.5, 0.6) is 0 Å². The fourth-order valence-corrected chi connectivity index (χ4v) is 2.77. The van der Waals surface area contributed by atoms with Crippen LogP contribution in [0.4, 0.5) is 11.4 Å². The number of nitrogens with one attached hydrogen (secondary N) is 1. The number of nitrogens with two attached hydrogens (primary N) is 1. The molecule has 0 atom stereocenters. The zero-order valence-electron chi connectivity index (χ0n) is 9.93. The summed E-state index contributed by atoms with van der Waals surface area (Å²) in [6, 6.07) is 5.76. The molecule has 0 bridgehead atoms. The number of hydrogen-bond donors (Lipinski definition) is 2. The Bertz CT molecular complexity index is 445. The van der Waals surface area contributed by atoms with Crippen molar-refractivity contribution in [2.24, 2.45) is 5.73 Å². The van der Waals surface area contributed by atoms with E-state index in [1.807, 2.05) is 0 Å². The summed E-state index contributed by atoms with van der Waals surface area (Å²) in [7, 11) is 0. The van der Waals surface area contributed by atoms with Crippen LogP contribution in [0, 0.1) is 10.1 Å². The number of halogens is 1. The second kappa shape index (κ2) is 5.67. The van der Waals surface area contributed by atoms with Crippen LogP contribution in [-0.4, -0.2) is 17.0 Å². The molecule has 0 radical (unpaired) electrons. The minimum Gasteiger partial charge on any atom is -0.382 e. The monoisotopic (exact) mass is 313 g/mol. The van der Waals surface area contributed by atoms with Gasteiger partial charge in [-0.3, -0.25) is 10.1 Å². The van der Waals surface area contributed by atoms with Crippen molar-refractivity contribution >= 4 is 27.3 Å². The second-order valence-electron chi connectivity index (χ2n) is 4.68. The predicted molar refractivity (Wildman–Crippen MR) is 74.7 cm³/mol. The van der Waals surface area contributed by atoms with E-state index in [4.69, 9.17) is 5.73 Å². The Balaban J connectivity index is 2.02. The van der Waals surface area contributed by atoms with Gasteiger partial charge in [-0.1, -0.05) is 0 Å². The highest BCUT2D eigenvalue weighted by Crippen LogP contribution is 2.29. The maximum absolute atomic E-state index is 10.7. The fourth-order valence-electron chi connectivity index (χ4n) is 2.24. The number of nitro groups is 1. The first-order valence-electron chi connectivity index (χ1n) is 6.02. The molecule has 0 aliphatic heterocycles. The average molecular weight is 314 g/mol. The average Bonchev–Trinajstić information content (AvgIpc) is 2.32. The summed E-state index contributed by atoms with van der Waals surface area (Å²) in [6.45, 7) is 0. The van der Waals surface area contributed by atoms with E-state index in [9.17, 15) is 10.1 Å². The molecule has 0 saturated heterocycles. The summed E-state index contributed by atoms with van der Waals surface area (Å²) in [5, 5.41) is 14.1. The van der Waals surface area contributed by atoms with Crippen molar-refractivity contribution in [3.8, 4) is 0 Å². The van der Waals surface area contributed by atoms with Crippen molar-refractivity contribution in [1.29, 1.82) is 0 Å². The van der Waals surface area contributed by atoms with Gasteiger partial charge in [0.25, 0.3) is 5.69 Å². The Kier molecular flexibility index (Phi) is 4.19. The normalized spacial score (nSPS) is 23.7. The van der Waals surface area contributed by atoms with Crippen LogP contribution in [-0.2, 0) is 0 Å². The van der Waals surface area contributed by atoms with Crippen molar-refractivity contribution in [3.05, 3.63) is 32.8 Å². The largest absolute Gasteiger partial charge is 0.382 e. The zero-order chi connectivity index (χ0) is 13.1. The maximum Gasteiger partial charge on any atom is 0.283 e. The standard InChI is InChI=1S/C12H16BrN3O2/c13-11-7-10(5-6-12(11)16(17)18)15-9-3-1-8(14)2-4-9/h5-9,15H,1-4,14H2. The third-order valence-electron chi connectivity index (χ3n) is 3.29. The quantitative estimate of drug-likeness (QED) is 0.664. The molecule has 6 heteroatoms. The van der Waals surface area contributed by atoms with Crippen LogP contribution >= 0.6 is 15.9 Å². The van der Waals surface area contributed by atoms with Gasteiger partial charge in [-0.2, -0.15) is 0 Å². The second-order valence-corrected chi connectivity index (χ2v) is 5.53. The summed E-state index contributed by atoms with van der Waals surface area (Å²) in [5.74, 6) is 0. The van der Waals surface area contributed by atoms with Gasteiger partial charge in [0.05, 0.1) is 9.40 Å². The Morgan fingerprint density at radius 3 is 2.56 bits per heavy atom. The molecule has 1 fully saturated rings. The van der Waals surface area contributed by atoms with Crippen LogP contribution in [0.25, 0.3) is 0 Å². The minimum atomic E-state index is -0.395. The molecule has 0 unspecified atom stereocenters. The van der Waals surface area contributed by atoms with E-state index in [2.05, 4.69) is 21.2 Å². The van der Waals surface area contributed by atoms with Crippen LogP contribution < -0.4 is 11.1 Å². The smallest absolute Gasteiger partial charge is 0.283 e. The molecule has 1 aromatic rings. The lowest BCUT2D eigenvalue weighted by atomic mass is 9.92. The maximum atomic E-state index is 10.7. The van der Waals surface area contributed by atoms with Gasteiger partial charge in [-0.15, -0.1) is 0 Å². The van der Waals surface area contributed by atoms with E-state index < -0.39 is 4.92 Å². The number of rotatable bonds is 3. The first kappa shape index (κ1) is 13.3. The molecule has 2 rings (SSSR count). The van der Waals surface area contributed by atoms with E-state index >= 15 is 0 Å². The lowest BCUT2D eigenvalue weighted by Gasteiger charge is -2.27. The number of hydrogen-bond acceptors (Lipinski definition) is 4. The Morgan fingerprint density at radius 2 is 2.00 bits per heavy atom.